The van der Waals surface area contributed by atoms with E-state index in [0.717, 1.165) is 22.3 Å². The predicted octanol–water partition coefficient (Wildman–Crippen LogP) is 4.34. The van der Waals surface area contributed by atoms with E-state index in [2.05, 4.69) is 31.2 Å². The highest BCUT2D eigenvalue weighted by Gasteiger charge is 2.40. The van der Waals surface area contributed by atoms with Crippen molar-refractivity contribution in [3.63, 3.8) is 0 Å². The number of benzene rings is 2. The van der Waals surface area contributed by atoms with Crippen LogP contribution in [0.2, 0.25) is 0 Å². The molecule has 2 aromatic rings. The van der Waals surface area contributed by atoms with Crippen molar-refractivity contribution in [2.75, 3.05) is 0 Å². The van der Waals surface area contributed by atoms with Gasteiger partial charge in [-0.25, -0.2) is 0 Å². The van der Waals surface area contributed by atoms with E-state index in [9.17, 15) is 4.79 Å². The fraction of sp³-hybridized carbons (Fsp3) is 0.211. The molecule has 100 valence electrons. The van der Waals surface area contributed by atoms with Gasteiger partial charge >= 0.3 is 0 Å². The van der Waals surface area contributed by atoms with Gasteiger partial charge in [0.25, 0.3) is 0 Å². The van der Waals surface area contributed by atoms with Gasteiger partial charge in [-0.15, -0.1) is 0 Å². The van der Waals surface area contributed by atoms with E-state index in [0.29, 0.717) is 11.7 Å². The zero-order valence-corrected chi connectivity index (χ0v) is 11.8. The number of hydrogen-bond acceptors (Lipinski definition) is 1. The molecule has 0 bridgehead atoms. The average Bonchev–Trinajstić information content (AvgIpc) is 2.53. The van der Waals surface area contributed by atoms with Crippen molar-refractivity contribution >= 4 is 11.4 Å². The summed E-state index contributed by atoms with van der Waals surface area (Å²) in [4.78, 5) is 12.3. The van der Waals surface area contributed by atoms with E-state index in [4.69, 9.17) is 0 Å². The molecule has 0 spiro atoms. The summed E-state index contributed by atoms with van der Waals surface area (Å²) in [5.74, 6) is 0.769. The third-order valence-electron chi connectivity index (χ3n) is 4.28. The molecule has 0 amide bonds. The fourth-order valence-electron chi connectivity index (χ4n) is 2.89. The summed E-state index contributed by atoms with van der Waals surface area (Å²) in [5, 5.41) is 0. The smallest absolute Gasteiger partial charge is 0.163 e. The standard InChI is InChI=1S/C19H18O/c1-13-14(2)19(20)17(13)18(15-9-5-3-6-10-15)16-11-7-4-8-12-16/h3-14H,1-2H3/t13-,14+/m1/s1. The van der Waals surface area contributed by atoms with E-state index in [1.54, 1.807) is 0 Å². The third-order valence-corrected chi connectivity index (χ3v) is 4.28. The minimum Gasteiger partial charge on any atom is -0.294 e. The Morgan fingerprint density at radius 1 is 0.750 bits per heavy atom. The molecule has 0 aromatic heterocycles. The Kier molecular flexibility index (Phi) is 3.27. The Hall–Kier alpha value is -2.15. The molecule has 0 heterocycles. The summed E-state index contributed by atoms with van der Waals surface area (Å²) >= 11 is 0. The molecular formula is C19H18O. The van der Waals surface area contributed by atoms with Gasteiger partial charge in [0.05, 0.1) is 0 Å². The summed E-state index contributed by atoms with van der Waals surface area (Å²) in [6.45, 7) is 4.16. The van der Waals surface area contributed by atoms with Gasteiger partial charge in [-0.1, -0.05) is 74.5 Å². The van der Waals surface area contributed by atoms with Crippen LogP contribution >= 0.6 is 0 Å². The van der Waals surface area contributed by atoms with Gasteiger partial charge in [-0.3, -0.25) is 4.79 Å². The molecule has 1 aliphatic carbocycles. The van der Waals surface area contributed by atoms with Gasteiger partial charge in [-0.2, -0.15) is 0 Å². The van der Waals surface area contributed by atoms with Crippen LogP contribution in [0.3, 0.4) is 0 Å². The van der Waals surface area contributed by atoms with E-state index in [1.807, 2.05) is 43.3 Å². The van der Waals surface area contributed by atoms with Crippen molar-refractivity contribution in [3.8, 4) is 0 Å². The molecule has 2 aromatic carbocycles. The summed E-state index contributed by atoms with van der Waals surface area (Å²) < 4.78 is 0. The second-order valence-corrected chi connectivity index (χ2v) is 5.46. The lowest BCUT2D eigenvalue weighted by Gasteiger charge is -2.35. The van der Waals surface area contributed by atoms with Crippen LogP contribution in [-0.4, -0.2) is 5.78 Å². The predicted molar refractivity (Wildman–Crippen MR) is 82.2 cm³/mol. The van der Waals surface area contributed by atoms with E-state index in [-0.39, 0.29) is 5.92 Å². The molecule has 0 saturated heterocycles. The van der Waals surface area contributed by atoms with Crippen LogP contribution in [0, 0.1) is 11.8 Å². The second-order valence-electron chi connectivity index (χ2n) is 5.46. The number of carbonyl (C=O) groups excluding carboxylic acids is 1. The average molecular weight is 262 g/mol. The minimum absolute atomic E-state index is 0.146. The van der Waals surface area contributed by atoms with E-state index >= 15 is 0 Å². The number of carbonyl (C=O) groups is 1. The van der Waals surface area contributed by atoms with Crippen LogP contribution in [0.25, 0.3) is 5.57 Å². The summed E-state index contributed by atoms with van der Waals surface area (Å²) in [5.41, 5.74) is 4.33. The molecule has 20 heavy (non-hydrogen) atoms. The van der Waals surface area contributed by atoms with Crippen LogP contribution in [0.1, 0.15) is 25.0 Å². The molecule has 0 unspecified atom stereocenters. The lowest BCUT2D eigenvalue weighted by Crippen LogP contribution is -2.37. The maximum Gasteiger partial charge on any atom is 0.163 e. The summed E-state index contributed by atoms with van der Waals surface area (Å²) in [6, 6.07) is 20.4. The highest BCUT2D eigenvalue weighted by atomic mass is 16.1. The Labute approximate surface area is 120 Å². The van der Waals surface area contributed by atoms with Gasteiger partial charge in [0.1, 0.15) is 0 Å². The van der Waals surface area contributed by atoms with Crippen molar-refractivity contribution in [3.05, 3.63) is 77.4 Å². The Morgan fingerprint density at radius 2 is 1.20 bits per heavy atom. The summed E-state index contributed by atoms with van der Waals surface area (Å²) in [7, 11) is 0. The highest BCUT2D eigenvalue weighted by molar-refractivity contribution is 6.12. The molecule has 1 heteroatoms. The third kappa shape index (κ3) is 2.00. The monoisotopic (exact) mass is 262 g/mol. The van der Waals surface area contributed by atoms with Crippen LogP contribution < -0.4 is 0 Å². The lowest BCUT2D eigenvalue weighted by molar-refractivity contribution is -0.125. The van der Waals surface area contributed by atoms with Gasteiger partial charge in [0.15, 0.2) is 5.78 Å². The van der Waals surface area contributed by atoms with Crippen molar-refractivity contribution in [1.29, 1.82) is 0 Å². The molecule has 0 aliphatic heterocycles. The van der Waals surface area contributed by atoms with Gasteiger partial charge in [0.2, 0.25) is 0 Å². The second kappa shape index (κ2) is 5.09. The zero-order valence-electron chi connectivity index (χ0n) is 11.8. The number of rotatable bonds is 2. The normalized spacial score (nSPS) is 21.5. The fourth-order valence-corrected chi connectivity index (χ4v) is 2.89. The first-order valence-corrected chi connectivity index (χ1v) is 7.09. The zero-order chi connectivity index (χ0) is 14.1. The SMILES string of the molecule is C[C@@H]1C(=O)C(=C(c2ccccc2)c2ccccc2)[C@@H]1C. The number of ketones is 1. The topological polar surface area (TPSA) is 17.1 Å². The quantitative estimate of drug-likeness (QED) is 0.736. The van der Waals surface area contributed by atoms with Gasteiger partial charge in [-0.05, 0) is 22.6 Å². The Morgan fingerprint density at radius 3 is 1.60 bits per heavy atom. The summed E-state index contributed by atoms with van der Waals surface area (Å²) in [6.07, 6.45) is 0. The van der Waals surface area contributed by atoms with Crippen LogP contribution in [-0.2, 0) is 4.79 Å². The molecule has 1 aliphatic rings. The molecule has 1 fully saturated rings. The van der Waals surface area contributed by atoms with Crippen LogP contribution in [0.5, 0.6) is 0 Å². The lowest BCUT2D eigenvalue weighted by atomic mass is 9.66. The number of hydrogen-bond donors (Lipinski definition) is 0. The molecule has 0 N–H and O–H groups in total. The number of Topliss-reactive ketones (excluding diaryl/α,β-unsaturated/α-hetero) is 1. The van der Waals surface area contributed by atoms with Gasteiger partial charge < -0.3 is 0 Å². The first-order valence-electron chi connectivity index (χ1n) is 7.09. The van der Waals surface area contributed by atoms with Crippen molar-refractivity contribution in [2.24, 2.45) is 11.8 Å². The Balaban J connectivity index is 2.21. The van der Waals surface area contributed by atoms with E-state index < -0.39 is 0 Å². The molecule has 2 atom stereocenters. The van der Waals surface area contributed by atoms with Crippen molar-refractivity contribution < 1.29 is 4.79 Å². The highest BCUT2D eigenvalue weighted by Crippen LogP contribution is 2.42. The maximum atomic E-state index is 12.3. The van der Waals surface area contributed by atoms with Gasteiger partial charge in [0, 0.05) is 11.5 Å². The Bertz CT molecular complexity index is 611. The maximum absolute atomic E-state index is 12.3. The molecule has 3 rings (SSSR count). The first kappa shape index (κ1) is 12.9. The molecule has 1 saturated carbocycles. The largest absolute Gasteiger partial charge is 0.294 e. The number of allylic oxidation sites excluding steroid dienone is 1. The minimum atomic E-state index is 0.146. The molecule has 1 nitrogen and oxygen atoms in total. The molecular weight excluding hydrogens is 244 g/mol. The van der Waals surface area contributed by atoms with E-state index in [1.165, 1.54) is 0 Å². The van der Waals surface area contributed by atoms with Crippen LogP contribution in [0.15, 0.2) is 66.2 Å². The van der Waals surface area contributed by atoms with Crippen LogP contribution in [0.4, 0.5) is 0 Å². The van der Waals surface area contributed by atoms with Crippen molar-refractivity contribution in [1.82, 2.24) is 0 Å². The molecule has 0 radical (unpaired) electrons. The first-order chi connectivity index (χ1) is 9.70. The van der Waals surface area contributed by atoms with Crippen molar-refractivity contribution in [2.45, 2.75) is 13.8 Å².